The zero-order valence-corrected chi connectivity index (χ0v) is 6.73. The summed E-state index contributed by atoms with van der Waals surface area (Å²) >= 11 is 0. The predicted molar refractivity (Wildman–Crippen MR) is 28.8 cm³/mol. The van der Waals surface area contributed by atoms with E-state index in [4.69, 9.17) is 0 Å². The normalized spacial score (nSPS) is 9.69. The number of hydrogen-bond acceptors (Lipinski definition) is 0. The van der Waals surface area contributed by atoms with Crippen molar-refractivity contribution in [3.63, 3.8) is 0 Å². The van der Waals surface area contributed by atoms with E-state index in [9.17, 15) is 22.0 Å². The van der Waals surface area contributed by atoms with Crippen LogP contribution in [0.3, 0.4) is 0 Å². The third-order valence-electron chi connectivity index (χ3n) is 1.30. The number of rotatable bonds is 0. The zero-order chi connectivity index (χ0) is 9.46. The molecule has 1 nitrogen and oxygen atoms in total. The Morgan fingerprint density at radius 1 is 0.615 bits per heavy atom. The van der Waals surface area contributed by atoms with Crippen molar-refractivity contribution in [3.05, 3.63) is 29.1 Å². The minimum absolute atomic E-state index is 0. The average molecular weight is 220 g/mol. The lowest BCUT2D eigenvalue weighted by Crippen LogP contribution is -3.00. The van der Waals surface area contributed by atoms with Gasteiger partial charge in [0.15, 0.2) is 0 Å². The fourth-order valence-corrected chi connectivity index (χ4v) is 0.650. The van der Waals surface area contributed by atoms with Gasteiger partial charge in [-0.05, 0) is 0 Å². The minimum atomic E-state index is -2.17. The van der Waals surface area contributed by atoms with Crippen LogP contribution in [0.4, 0.5) is 27.6 Å². The Morgan fingerprint density at radius 2 is 0.846 bits per heavy atom. The topological polar surface area (TPSA) is 27.6 Å². The molecule has 0 spiro atoms. The minimum Gasteiger partial charge on any atom is -1.00 e. The van der Waals surface area contributed by atoms with Gasteiger partial charge < -0.3 is 18.1 Å². The molecule has 0 heterocycles. The Kier molecular flexibility index (Phi) is 3.62. The van der Waals surface area contributed by atoms with E-state index in [0.717, 1.165) is 0 Å². The molecule has 0 aliphatic heterocycles. The van der Waals surface area contributed by atoms with Crippen LogP contribution < -0.4 is 18.1 Å². The molecule has 1 aromatic rings. The molecule has 0 fully saturated rings. The van der Waals surface area contributed by atoms with Crippen LogP contribution in [0, 0.1) is 29.1 Å². The Labute approximate surface area is 75.8 Å². The largest absolute Gasteiger partial charge is 1.00 e. The summed E-state index contributed by atoms with van der Waals surface area (Å²) in [5, 5.41) is 0. The fraction of sp³-hybridized carbons (Fsp3) is 0. The first kappa shape index (κ1) is 12.1. The number of benzene rings is 1. The van der Waals surface area contributed by atoms with Crippen LogP contribution in [0.5, 0.6) is 0 Å². The first-order valence-corrected chi connectivity index (χ1v) is 2.80. The van der Waals surface area contributed by atoms with Crippen molar-refractivity contribution in [2.45, 2.75) is 0 Å². The van der Waals surface area contributed by atoms with Gasteiger partial charge >= 0.3 is 0 Å². The van der Waals surface area contributed by atoms with Crippen molar-refractivity contribution in [3.8, 4) is 0 Å². The van der Waals surface area contributed by atoms with Crippen molar-refractivity contribution < 1.29 is 40.1 Å². The van der Waals surface area contributed by atoms with Crippen LogP contribution in [-0.4, -0.2) is 0 Å². The SMILES string of the molecule is [Cl-].[NH3+]c1c(F)c(F)c(F)c(F)c1F. The maximum absolute atomic E-state index is 12.3. The van der Waals surface area contributed by atoms with Gasteiger partial charge in [0.2, 0.25) is 34.8 Å². The van der Waals surface area contributed by atoms with E-state index in [0.29, 0.717) is 0 Å². The molecule has 13 heavy (non-hydrogen) atoms. The zero-order valence-electron chi connectivity index (χ0n) is 5.97. The van der Waals surface area contributed by atoms with Gasteiger partial charge in [-0.1, -0.05) is 0 Å². The Bertz CT molecular complexity index is 235. The predicted octanol–water partition coefficient (Wildman–Crippen LogP) is -1.74. The second kappa shape index (κ2) is 3.89. The number of hydrogen-bond donors (Lipinski definition) is 1. The van der Waals surface area contributed by atoms with Gasteiger partial charge in [0.05, 0.1) is 0 Å². The van der Waals surface area contributed by atoms with Crippen molar-refractivity contribution >= 4 is 5.69 Å². The van der Waals surface area contributed by atoms with Crippen LogP contribution in [0.15, 0.2) is 0 Å². The van der Waals surface area contributed by atoms with Crippen LogP contribution in [0.1, 0.15) is 0 Å². The summed E-state index contributed by atoms with van der Waals surface area (Å²) in [5.74, 6) is -9.91. The highest BCUT2D eigenvalue weighted by molar-refractivity contribution is 5.34. The van der Waals surface area contributed by atoms with Gasteiger partial charge in [-0.15, -0.1) is 0 Å². The molecule has 0 saturated heterocycles. The van der Waals surface area contributed by atoms with Gasteiger partial charge in [-0.3, -0.25) is 0 Å². The van der Waals surface area contributed by atoms with Crippen LogP contribution in [0.25, 0.3) is 0 Å². The van der Waals surface area contributed by atoms with Gasteiger partial charge in [0, 0.05) is 0 Å². The molecule has 0 unspecified atom stereocenters. The van der Waals surface area contributed by atoms with E-state index in [1.54, 1.807) is 0 Å². The number of halogens is 6. The second-order valence-electron chi connectivity index (χ2n) is 2.05. The van der Waals surface area contributed by atoms with E-state index in [1.807, 2.05) is 0 Å². The van der Waals surface area contributed by atoms with Crippen LogP contribution in [-0.2, 0) is 0 Å². The summed E-state index contributed by atoms with van der Waals surface area (Å²) in [5.41, 5.74) is 1.57. The highest BCUT2D eigenvalue weighted by atomic mass is 35.5. The molecular weight excluding hydrogens is 217 g/mol. The first-order valence-electron chi connectivity index (χ1n) is 2.80. The fourth-order valence-electron chi connectivity index (χ4n) is 0.650. The monoisotopic (exact) mass is 219 g/mol. The van der Waals surface area contributed by atoms with Crippen LogP contribution in [0.2, 0.25) is 0 Å². The molecule has 0 bridgehead atoms. The summed E-state index contributed by atoms with van der Waals surface area (Å²) in [7, 11) is 0. The van der Waals surface area contributed by atoms with E-state index >= 15 is 0 Å². The third-order valence-corrected chi connectivity index (χ3v) is 1.30. The highest BCUT2D eigenvalue weighted by Crippen LogP contribution is 2.22. The maximum Gasteiger partial charge on any atom is 0.225 e. The van der Waals surface area contributed by atoms with E-state index in [-0.39, 0.29) is 12.4 Å². The lowest BCUT2D eigenvalue weighted by molar-refractivity contribution is -0.263. The third kappa shape index (κ3) is 1.73. The molecule has 7 heteroatoms. The quantitative estimate of drug-likeness (QED) is 0.305. The lowest BCUT2D eigenvalue weighted by atomic mass is 10.2. The van der Waals surface area contributed by atoms with Crippen molar-refractivity contribution in [2.24, 2.45) is 0 Å². The first-order chi connectivity index (χ1) is 5.46. The second-order valence-corrected chi connectivity index (χ2v) is 2.05. The standard InChI is InChI=1S/C6H2F5N.ClH/c7-1-2(8)4(10)6(12)5(11)3(1)9;/h12H2;1H. The number of quaternary nitrogens is 1. The van der Waals surface area contributed by atoms with Crippen LogP contribution >= 0.6 is 0 Å². The Hall–Kier alpha value is -0.880. The molecule has 0 aromatic heterocycles. The Morgan fingerprint density at radius 3 is 1.15 bits per heavy atom. The van der Waals surface area contributed by atoms with E-state index in [2.05, 4.69) is 5.73 Å². The van der Waals surface area contributed by atoms with Gasteiger partial charge in [0.1, 0.15) is 0 Å². The summed E-state index contributed by atoms with van der Waals surface area (Å²) in [4.78, 5) is 0. The van der Waals surface area contributed by atoms with E-state index < -0.39 is 34.8 Å². The van der Waals surface area contributed by atoms with Crippen molar-refractivity contribution in [1.82, 2.24) is 0 Å². The van der Waals surface area contributed by atoms with Crippen molar-refractivity contribution in [1.29, 1.82) is 0 Å². The molecule has 0 aliphatic carbocycles. The lowest BCUT2D eigenvalue weighted by Gasteiger charge is -1.99. The molecule has 1 rings (SSSR count). The summed E-state index contributed by atoms with van der Waals surface area (Å²) < 4.78 is 61.3. The van der Waals surface area contributed by atoms with E-state index in [1.165, 1.54) is 0 Å². The molecule has 0 radical (unpaired) electrons. The summed E-state index contributed by atoms with van der Waals surface area (Å²) in [6, 6.07) is 0. The summed E-state index contributed by atoms with van der Waals surface area (Å²) in [6.45, 7) is 0. The Balaban J connectivity index is 0.00000144. The molecular formula is C6H3ClF5N. The molecule has 0 amide bonds. The molecule has 0 saturated carbocycles. The van der Waals surface area contributed by atoms with Gasteiger partial charge in [0.25, 0.3) is 0 Å². The van der Waals surface area contributed by atoms with Gasteiger partial charge in [-0.25, -0.2) is 13.2 Å². The average Bonchev–Trinajstić information content (AvgIpc) is 2.08. The summed E-state index contributed by atoms with van der Waals surface area (Å²) in [6.07, 6.45) is 0. The molecule has 1 aromatic carbocycles. The smallest absolute Gasteiger partial charge is 0.225 e. The molecule has 74 valence electrons. The van der Waals surface area contributed by atoms with Gasteiger partial charge in [-0.2, -0.15) is 8.78 Å². The molecule has 0 aliphatic rings. The maximum atomic E-state index is 12.3. The molecule has 3 N–H and O–H groups in total. The highest BCUT2D eigenvalue weighted by Gasteiger charge is 2.26. The molecule has 0 atom stereocenters. The van der Waals surface area contributed by atoms with Crippen molar-refractivity contribution in [2.75, 3.05) is 0 Å².